The van der Waals surface area contributed by atoms with Crippen LogP contribution < -0.4 is 5.73 Å². The zero-order valence-electron chi connectivity index (χ0n) is 9.86. The van der Waals surface area contributed by atoms with E-state index in [1.165, 1.54) is 12.5 Å². The standard InChI is InChI=1S/C11H15NO.C2H6/c1-9(13)11(12)8-7-10-5-3-2-4-6-10;1-2/h2-6,11H,7-8,12H2,1H3;1-2H3. The first-order chi connectivity index (χ1) is 7.20. The molecule has 2 heteroatoms. The van der Waals surface area contributed by atoms with Gasteiger partial charge in [0.2, 0.25) is 0 Å². The van der Waals surface area contributed by atoms with E-state index >= 15 is 0 Å². The van der Waals surface area contributed by atoms with E-state index in [-0.39, 0.29) is 11.8 Å². The molecule has 84 valence electrons. The Bertz CT molecular complexity index is 269. The normalized spacial score (nSPS) is 11.2. The lowest BCUT2D eigenvalue weighted by Crippen LogP contribution is -2.28. The van der Waals surface area contributed by atoms with Gasteiger partial charge in [0.15, 0.2) is 0 Å². The number of carbonyl (C=O) groups is 1. The van der Waals surface area contributed by atoms with Crippen LogP contribution in [0.3, 0.4) is 0 Å². The van der Waals surface area contributed by atoms with Gasteiger partial charge in [-0.2, -0.15) is 0 Å². The van der Waals surface area contributed by atoms with Gasteiger partial charge in [-0.15, -0.1) is 0 Å². The second-order valence-corrected chi connectivity index (χ2v) is 3.24. The fourth-order valence-corrected chi connectivity index (χ4v) is 1.17. The van der Waals surface area contributed by atoms with Crippen LogP contribution in [0.15, 0.2) is 30.3 Å². The molecule has 0 aromatic heterocycles. The molecule has 0 radical (unpaired) electrons. The second-order valence-electron chi connectivity index (χ2n) is 3.24. The van der Waals surface area contributed by atoms with Crippen LogP contribution in [-0.2, 0) is 11.2 Å². The third kappa shape index (κ3) is 6.02. The summed E-state index contributed by atoms with van der Waals surface area (Å²) in [5.74, 6) is 0.0657. The summed E-state index contributed by atoms with van der Waals surface area (Å²) < 4.78 is 0. The maximum atomic E-state index is 10.8. The van der Waals surface area contributed by atoms with Crippen LogP contribution in [0.2, 0.25) is 0 Å². The lowest BCUT2D eigenvalue weighted by atomic mass is 10.0. The smallest absolute Gasteiger partial charge is 0.146 e. The summed E-state index contributed by atoms with van der Waals surface area (Å²) in [5, 5.41) is 0. The number of rotatable bonds is 4. The van der Waals surface area contributed by atoms with Gasteiger partial charge in [0.1, 0.15) is 5.78 Å². The van der Waals surface area contributed by atoms with E-state index in [2.05, 4.69) is 0 Å². The largest absolute Gasteiger partial charge is 0.322 e. The molecule has 1 aromatic rings. The molecular weight excluding hydrogens is 186 g/mol. The highest BCUT2D eigenvalue weighted by Crippen LogP contribution is 2.04. The van der Waals surface area contributed by atoms with E-state index in [0.29, 0.717) is 0 Å². The molecule has 1 aromatic carbocycles. The number of aryl methyl sites for hydroxylation is 1. The lowest BCUT2D eigenvalue weighted by Gasteiger charge is -2.06. The Labute approximate surface area is 92.5 Å². The zero-order valence-corrected chi connectivity index (χ0v) is 9.86. The Hall–Kier alpha value is -1.15. The highest BCUT2D eigenvalue weighted by Gasteiger charge is 2.06. The quantitative estimate of drug-likeness (QED) is 0.824. The number of benzene rings is 1. The first-order valence-electron chi connectivity index (χ1n) is 5.50. The number of hydrogen-bond acceptors (Lipinski definition) is 2. The van der Waals surface area contributed by atoms with Gasteiger partial charge < -0.3 is 5.73 Å². The van der Waals surface area contributed by atoms with Gasteiger partial charge in [-0.05, 0) is 25.3 Å². The number of carbonyl (C=O) groups excluding carboxylic acids is 1. The molecule has 0 amide bonds. The molecule has 15 heavy (non-hydrogen) atoms. The van der Waals surface area contributed by atoms with Crippen LogP contribution >= 0.6 is 0 Å². The molecule has 0 bridgehead atoms. The van der Waals surface area contributed by atoms with E-state index < -0.39 is 0 Å². The molecule has 0 saturated carbocycles. The van der Waals surface area contributed by atoms with Crippen LogP contribution in [0.5, 0.6) is 0 Å². The number of hydrogen-bond donors (Lipinski definition) is 1. The van der Waals surface area contributed by atoms with Gasteiger partial charge in [-0.3, -0.25) is 4.79 Å². The topological polar surface area (TPSA) is 43.1 Å². The Balaban J connectivity index is 0.000000921. The SMILES string of the molecule is CC.CC(=O)C(N)CCc1ccccc1. The molecule has 2 nitrogen and oxygen atoms in total. The number of Topliss-reactive ketones (excluding diaryl/α,β-unsaturated/α-hetero) is 1. The van der Waals surface area contributed by atoms with Crippen LogP contribution in [-0.4, -0.2) is 11.8 Å². The number of nitrogens with two attached hydrogens (primary N) is 1. The molecule has 0 spiro atoms. The van der Waals surface area contributed by atoms with Gasteiger partial charge in [0.05, 0.1) is 6.04 Å². The van der Waals surface area contributed by atoms with E-state index in [9.17, 15) is 4.79 Å². The molecule has 0 saturated heterocycles. The molecule has 1 rings (SSSR count). The highest BCUT2D eigenvalue weighted by atomic mass is 16.1. The second kappa shape index (κ2) is 8.18. The zero-order chi connectivity index (χ0) is 11.7. The fourth-order valence-electron chi connectivity index (χ4n) is 1.17. The van der Waals surface area contributed by atoms with Gasteiger partial charge in [0, 0.05) is 0 Å². The first-order valence-corrected chi connectivity index (χ1v) is 5.50. The minimum atomic E-state index is -0.305. The fraction of sp³-hybridized carbons (Fsp3) is 0.462. The molecule has 1 unspecified atom stereocenters. The Morgan fingerprint density at radius 3 is 2.27 bits per heavy atom. The summed E-state index contributed by atoms with van der Waals surface area (Å²) >= 11 is 0. The van der Waals surface area contributed by atoms with Crippen molar-refractivity contribution in [2.24, 2.45) is 5.73 Å². The summed E-state index contributed by atoms with van der Waals surface area (Å²) in [5.41, 5.74) is 6.85. The summed E-state index contributed by atoms with van der Waals surface area (Å²) in [6.45, 7) is 5.54. The van der Waals surface area contributed by atoms with Crippen molar-refractivity contribution in [1.29, 1.82) is 0 Å². The van der Waals surface area contributed by atoms with Gasteiger partial charge in [-0.25, -0.2) is 0 Å². The maximum Gasteiger partial charge on any atom is 0.146 e. The van der Waals surface area contributed by atoms with Crippen molar-refractivity contribution < 1.29 is 4.79 Å². The van der Waals surface area contributed by atoms with Gasteiger partial charge in [-0.1, -0.05) is 44.2 Å². The summed E-state index contributed by atoms with van der Waals surface area (Å²) in [6.07, 6.45) is 1.61. The van der Waals surface area contributed by atoms with Crippen LogP contribution in [0.1, 0.15) is 32.8 Å². The van der Waals surface area contributed by atoms with Crippen molar-refractivity contribution >= 4 is 5.78 Å². The van der Waals surface area contributed by atoms with Crippen molar-refractivity contribution in [3.63, 3.8) is 0 Å². The van der Waals surface area contributed by atoms with Crippen LogP contribution in [0, 0.1) is 0 Å². The highest BCUT2D eigenvalue weighted by molar-refractivity contribution is 5.81. The van der Waals surface area contributed by atoms with Crippen molar-refractivity contribution in [3.8, 4) is 0 Å². The Morgan fingerprint density at radius 1 is 1.27 bits per heavy atom. The Kier molecular flexibility index (Phi) is 7.56. The molecule has 0 aliphatic carbocycles. The van der Waals surface area contributed by atoms with Crippen LogP contribution in [0.25, 0.3) is 0 Å². The van der Waals surface area contributed by atoms with Crippen molar-refractivity contribution in [2.45, 2.75) is 39.7 Å². The average Bonchev–Trinajstić information content (AvgIpc) is 2.30. The summed E-state index contributed by atoms with van der Waals surface area (Å²) in [4.78, 5) is 10.8. The molecule has 0 aliphatic rings. The Morgan fingerprint density at radius 2 is 1.80 bits per heavy atom. The van der Waals surface area contributed by atoms with Gasteiger partial charge in [0.25, 0.3) is 0 Å². The average molecular weight is 207 g/mol. The minimum absolute atomic E-state index is 0.0657. The molecule has 0 aliphatic heterocycles. The third-order valence-corrected chi connectivity index (χ3v) is 2.11. The predicted octanol–water partition coefficient (Wildman–Crippen LogP) is 2.56. The van der Waals surface area contributed by atoms with Crippen molar-refractivity contribution in [2.75, 3.05) is 0 Å². The third-order valence-electron chi connectivity index (χ3n) is 2.11. The van der Waals surface area contributed by atoms with Crippen LogP contribution in [0.4, 0.5) is 0 Å². The summed E-state index contributed by atoms with van der Waals surface area (Å²) in [6, 6.07) is 9.76. The molecule has 2 N–H and O–H groups in total. The predicted molar refractivity (Wildman–Crippen MR) is 64.8 cm³/mol. The molecule has 1 atom stereocenters. The van der Waals surface area contributed by atoms with E-state index in [1.807, 2.05) is 44.2 Å². The van der Waals surface area contributed by atoms with E-state index in [4.69, 9.17) is 5.73 Å². The van der Waals surface area contributed by atoms with E-state index in [1.54, 1.807) is 0 Å². The lowest BCUT2D eigenvalue weighted by molar-refractivity contribution is -0.118. The maximum absolute atomic E-state index is 10.8. The number of ketones is 1. The molecule has 0 fully saturated rings. The minimum Gasteiger partial charge on any atom is -0.322 e. The van der Waals surface area contributed by atoms with E-state index in [0.717, 1.165) is 12.8 Å². The monoisotopic (exact) mass is 207 g/mol. The van der Waals surface area contributed by atoms with Gasteiger partial charge >= 0.3 is 0 Å². The molecule has 0 heterocycles. The summed E-state index contributed by atoms with van der Waals surface area (Å²) in [7, 11) is 0. The molecular formula is C13H21NO. The van der Waals surface area contributed by atoms with Crippen molar-refractivity contribution in [1.82, 2.24) is 0 Å². The first kappa shape index (κ1) is 13.8. The van der Waals surface area contributed by atoms with Crippen molar-refractivity contribution in [3.05, 3.63) is 35.9 Å².